The van der Waals surface area contributed by atoms with E-state index in [1.165, 1.54) is 60.0 Å². The van der Waals surface area contributed by atoms with E-state index in [1.54, 1.807) is 61.6 Å². The summed E-state index contributed by atoms with van der Waals surface area (Å²) >= 11 is 5.85. The number of aromatic nitrogens is 6. The molecule has 2 saturated heterocycles. The number of hydrogen-bond acceptors (Lipinski definition) is 12. The minimum absolute atomic E-state index is 0.00640. The molecule has 21 heteroatoms. The highest BCUT2D eigenvalue weighted by molar-refractivity contribution is 6.28. The quantitative estimate of drug-likeness (QED) is 0.0604. The van der Waals surface area contributed by atoms with Gasteiger partial charge in [0.05, 0.1) is 10.8 Å². The Balaban J connectivity index is 0.000000162. The number of nitrogens with zero attached hydrogens (tertiary/aromatic N) is 10. The molecule has 2 aromatic carbocycles. The molecule has 0 spiro atoms. The second-order valence-corrected chi connectivity index (χ2v) is 19.7. The summed E-state index contributed by atoms with van der Waals surface area (Å²) in [5, 5.41) is 3.51. The number of fused-ring (bicyclic) bond motifs is 2. The van der Waals surface area contributed by atoms with E-state index in [0.29, 0.717) is 35.9 Å². The molecule has 3 N–H and O–H groups in total. The molecule has 2 aliphatic heterocycles. The predicted molar refractivity (Wildman–Crippen MR) is 274 cm³/mol. The smallest absolute Gasteiger partial charge is 0.273 e. The van der Waals surface area contributed by atoms with Crippen LogP contribution < -0.4 is 20.5 Å². The van der Waals surface area contributed by atoms with E-state index in [-0.39, 0.29) is 68.7 Å². The number of anilines is 3. The molecule has 10 rings (SSSR count). The number of amides is 2. The van der Waals surface area contributed by atoms with Crippen molar-refractivity contribution >= 4 is 62.8 Å². The minimum Gasteiger partial charge on any atom is -0.489 e. The van der Waals surface area contributed by atoms with Crippen LogP contribution in [0.2, 0.25) is 5.28 Å². The highest BCUT2D eigenvalue weighted by Crippen LogP contribution is 2.38. The molecule has 2 aliphatic carbocycles. The third kappa shape index (κ3) is 12.6. The lowest BCUT2D eigenvalue weighted by Gasteiger charge is -2.19. The Labute approximate surface area is 427 Å². The third-order valence-corrected chi connectivity index (χ3v) is 14.0. The fourth-order valence-corrected chi connectivity index (χ4v) is 10.2. The molecule has 0 bridgehead atoms. The molecule has 0 unspecified atom stereocenters. The number of carbonyl (C=O) groups is 2. The highest BCUT2D eigenvalue weighted by Gasteiger charge is 2.33. The van der Waals surface area contributed by atoms with Crippen LogP contribution in [0, 0.1) is 23.3 Å². The lowest BCUT2D eigenvalue weighted by Crippen LogP contribution is -2.26. The molecule has 16 nitrogen and oxygen atoms in total. The molecule has 0 atom stereocenters. The van der Waals surface area contributed by atoms with Crippen molar-refractivity contribution in [1.82, 2.24) is 48.7 Å². The lowest BCUT2D eigenvalue weighted by molar-refractivity contribution is 0.0803. The predicted octanol–water partition coefficient (Wildman–Crippen LogP) is 9.67. The van der Waals surface area contributed by atoms with Gasteiger partial charge in [0.25, 0.3) is 11.8 Å². The van der Waals surface area contributed by atoms with Gasteiger partial charge in [-0.25, -0.2) is 27.5 Å². The number of nitrogens with two attached hydrogens (primary N) is 1. The highest BCUT2D eigenvalue weighted by atomic mass is 35.5. The van der Waals surface area contributed by atoms with E-state index in [1.807, 2.05) is 0 Å². The molecule has 4 aromatic heterocycles. The molecule has 2 saturated carbocycles. The molecule has 4 fully saturated rings. The first-order valence-corrected chi connectivity index (χ1v) is 25.6. The summed E-state index contributed by atoms with van der Waals surface area (Å²) in [5.74, 6) is -2.14. The Kier molecular flexibility index (Phi) is 17.6. The number of hydrogen-bond donors (Lipinski definition) is 2. The molecule has 0 radical (unpaired) electrons. The van der Waals surface area contributed by atoms with Gasteiger partial charge < -0.3 is 39.5 Å². The van der Waals surface area contributed by atoms with Crippen molar-refractivity contribution < 1.29 is 36.6 Å². The zero-order valence-electron chi connectivity index (χ0n) is 42.0. The number of nitrogen functional groups attached to an aromatic ring is 1. The van der Waals surface area contributed by atoms with Gasteiger partial charge in [0, 0.05) is 89.3 Å². The Hall–Kier alpha value is -6.25. The maximum Gasteiger partial charge on any atom is 0.273 e. The first kappa shape index (κ1) is 53.1. The molecule has 73 heavy (non-hydrogen) atoms. The monoisotopic (exact) mass is 1030 g/mol. The number of benzene rings is 2. The van der Waals surface area contributed by atoms with Crippen molar-refractivity contribution in [3.05, 3.63) is 88.7 Å². The topological polar surface area (TPSA) is 165 Å². The SMILES string of the molecule is CN(C)C(=O)c1c(F)c2cnc(Cl)nc2n1C1CCCC1.CN(C)C(=O)c1c(F)c2cnc(Nc3ccc(OCCN4CCCC4)c(F)c3)nc2n1C1CCCC1.Nc1ccc(OCCN2CCCC2)c(F)c1. The van der Waals surface area contributed by atoms with Gasteiger partial charge in [0.15, 0.2) is 34.8 Å². The second-order valence-electron chi connectivity index (χ2n) is 19.4. The average molecular weight is 1030 g/mol. The summed E-state index contributed by atoms with van der Waals surface area (Å²) in [6.07, 6.45) is 15.4. The van der Waals surface area contributed by atoms with E-state index in [4.69, 9.17) is 26.8 Å². The van der Waals surface area contributed by atoms with Gasteiger partial charge in [-0.1, -0.05) is 25.7 Å². The van der Waals surface area contributed by atoms with E-state index >= 15 is 4.39 Å². The van der Waals surface area contributed by atoms with E-state index in [2.05, 4.69) is 35.1 Å². The average Bonchev–Trinajstić information content (AvgIpc) is 4.25. The fraction of sp³-hybridized carbons (Fsp3) is 0.500. The zero-order chi connectivity index (χ0) is 51.8. The number of halogens is 5. The number of carbonyl (C=O) groups excluding carboxylic acids is 2. The van der Waals surface area contributed by atoms with Crippen molar-refractivity contribution in [2.24, 2.45) is 0 Å². The Morgan fingerprint density at radius 3 is 1.58 bits per heavy atom. The Bertz CT molecular complexity index is 2870. The fourth-order valence-electron chi connectivity index (χ4n) is 10.0. The van der Waals surface area contributed by atoms with Gasteiger partial charge >= 0.3 is 0 Å². The minimum atomic E-state index is -0.608. The maximum atomic E-state index is 15.4. The van der Waals surface area contributed by atoms with Crippen molar-refractivity contribution in [3.8, 4) is 11.5 Å². The first-order chi connectivity index (χ1) is 35.2. The molecule has 392 valence electrons. The molecular formula is C52H65ClF4N12O4. The summed E-state index contributed by atoms with van der Waals surface area (Å²) < 4.78 is 72.5. The normalized spacial score (nSPS) is 16.4. The number of likely N-dealkylation sites (tertiary alicyclic amines) is 2. The van der Waals surface area contributed by atoms with Crippen LogP contribution in [-0.4, -0.2) is 141 Å². The summed E-state index contributed by atoms with van der Waals surface area (Å²) in [6, 6.07) is 9.19. The van der Waals surface area contributed by atoms with Crippen molar-refractivity contribution in [3.63, 3.8) is 0 Å². The van der Waals surface area contributed by atoms with Gasteiger partial charge in [-0.2, -0.15) is 9.97 Å². The second kappa shape index (κ2) is 24.2. The van der Waals surface area contributed by atoms with Crippen LogP contribution in [0.25, 0.3) is 22.1 Å². The van der Waals surface area contributed by atoms with Crippen LogP contribution in [0.5, 0.6) is 11.5 Å². The number of nitrogens with one attached hydrogen (secondary N) is 1. The summed E-state index contributed by atoms with van der Waals surface area (Å²) in [4.78, 5) is 49.4. The molecule has 2 amide bonds. The van der Waals surface area contributed by atoms with Gasteiger partial charge in [-0.3, -0.25) is 19.4 Å². The van der Waals surface area contributed by atoms with E-state index < -0.39 is 23.4 Å². The number of rotatable bonds is 14. The largest absolute Gasteiger partial charge is 0.489 e. The summed E-state index contributed by atoms with van der Waals surface area (Å²) in [7, 11) is 6.42. The summed E-state index contributed by atoms with van der Waals surface area (Å²) in [6.45, 7) is 7.01. The van der Waals surface area contributed by atoms with Crippen molar-refractivity contribution in [2.45, 2.75) is 89.1 Å². The van der Waals surface area contributed by atoms with E-state index in [9.17, 15) is 22.8 Å². The van der Waals surface area contributed by atoms with Crippen LogP contribution in [0.15, 0.2) is 48.8 Å². The molecular weight excluding hydrogens is 968 g/mol. The molecule has 4 aliphatic rings. The van der Waals surface area contributed by atoms with Gasteiger partial charge in [-0.05, 0) is 113 Å². The standard InChI is InChI=1S/C26H32F2N6O2.C14H16ClFN4O.C12H17FN2O/c1-32(2)25(35)23-22(28)19-16-29-26(31-24(19)34(23)18-7-3-4-8-18)30-17-9-10-21(20(27)15-17)36-14-13-33-11-5-6-12-33;1-19(2)13(21)11-10(16)9-7-17-14(15)18-12(9)20(11)8-5-3-4-6-8;13-11-9-10(14)3-4-12(11)16-8-7-15-5-1-2-6-15/h9-10,15-16,18H,3-8,11-14H2,1-2H3,(H,29,30,31);7-8H,3-6H2,1-2H3;3-4,9H,1-2,5-8,14H2. The Morgan fingerprint density at radius 1 is 0.658 bits per heavy atom. The van der Waals surface area contributed by atoms with E-state index in [0.717, 1.165) is 90.6 Å². The lowest BCUT2D eigenvalue weighted by atomic mass is 10.2. The number of ether oxygens (including phenoxy) is 2. The van der Waals surface area contributed by atoms with Crippen LogP contribution >= 0.6 is 11.6 Å². The van der Waals surface area contributed by atoms with Crippen LogP contribution in [0.4, 0.5) is 34.9 Å². The van der Waals surface area contributed by atoms with Crippen molar-refractivity contribution in [2.75, 3.05) is 91.7 Å². The van der Waals surface area contributed by atoms with Crippen molar-refractivity contribution in [1.29, 1.82) is 0 Å². The molecule has 6 aromatic rings. The van der Waals surface area contributed by atoms with Gasteiger partial charge in [0.1, 0.15) is 35.9 Å². The first-order valence-electron chi connectivity index (χ1n) is 25.2. The molecule has 6 heterocycles. The Morgan fingerprint density at radius 2 is 1.11 bits per heavy atom. The summed E-state index contributed by atoms with van der Waals surface area (Å²) in [5.41, 5.74) is 7.16. The van der Waals surface area contributed by atoms with Crippen LogP contribution in [0.1, 0.15) is 110 Å². The maximum absolute atomic E-state index is 15.4. The third-order valence-electron chi connectivity index (χ3n) is 13.8. The van der Waals surface area contributed by atoms with Gasteiger partial charge in [0.2, 0.25) is 11.2 Å². The zero-order valence-corrected chi connectivity index (χ0v) is 42.7. The van der Waals surface area contributed by atoms with Crippen LogP contribution in [-0.2, 0) is 0 Å². The van der Waals surface area contributed by atoms with Gasteiger partial charge in [-0.15, -0.1) is 0 Å². The van der Waals surface area contributed by atoms with Crippen LogP contribution in [0.3, 0.4) is 0 Å².